The number of hydrogen-bond acceptors (Lipinski definition) is 5. The number of benzene rings is 2. The second kappa shape index (κ2) is 8.43. The molecule has 0 saturated carbocycles. The normalized spacial score (nSPS) is 17.8. The minimum absolute atomic E-state index is 0.137. The van der Waals surface area contributed by atoms with E-state index >= 15 is 0 Å². The van der Waals surface area contributed by atoms with E-state index in [2.05, 4.69) is 41.7 Å². The fourth-order valence-corrected chi connectivity index (χ4v) is 6.65. The molecule has 1 atom stereocenters. The first-order valence-electron chi connectivity index (χ1n) is 11.6. The topological polar surface area (TPSA) is 56.1 Å². The van der Waals surface area contributed by atoms with E-state index in [1.54, 1.807) is 24.8 Å². The lowest BCUT2D eigenvalue weighted by atomic mass is 9.93. The summed E-state index contributed by atoms with van der Waals surface area (Å²) in [6.45, 7) is 0.815. The number of methoxy groups -OCH3 is 1. The summed E-state index contributed by atoms with van der Waals surface area (Å²) in [6, 6.07) is 17.3. The van der Waals surface area contributed by atoms with Crippen molar-refractivity contribution in [3.8, 4) is 5.75 Å². The Hall–Kier alpha value is -2.96. The summed E-state index contributed by atoms with van der Waals surface area (Å²) in [4.78, 5) is 20.5. The van der Waals surface area contributed by atoms with Gasteiger partial charge < -0.3 is 10.1 Å². The predicted molar refractivity (Wildman–Crippen MR) is 132 cm³/mol. The highest BCUT2D eigenvalue weighted by molar-refractivity contribution is 7.18. The first kappa shape index (κ1) is 20.6. The molecule has 2 aliphatic rings. The maximum absolute atomic E-state index is 13.6. The molecule has 0 amide bonds. The molecule has 0 radical (unpaired) electrons. The van der Waals surface area contributed by atoms with Gasteiger partial charge in [-0.25, -0.2) is 4.98 Å². The molecule has 0 spiro atoms. The molecule has 2 aromatic heterocycles. The summed E-state index contributed by atoms with van der Waals surface area (Å²) in [5.74, 6) is 0.887. The minimum Gasteiger partial charge on any atom is -0.497 e. The zero-order valence-corrected chi connectivity index (χ0v) is 19.5. The lowest BCUT2D eigenvalue weighted by Crippen LogP contribution is -2.34. The Morgan fingerprint density at radius 3 is 2.73 bits per heavy atom. The number of aryl methyl sites for hydroxylation is 1. The van der Waals surface area contributed by atoms with Crippen molar-refractivity contribution in [1.29, 1.82) is 0 Å². The average Bonchev–Trinajstić information content (AvgIpc) is 3.44. The van der Waals surface area contributed by atoms with E-state index < -0.39 is 0 Å². The molecule has 2 aromatic carbocycles. The van der Waals surface area contributed by atoms with Crippen molar-refractivity contribution in [3.05, 3.63) is 92.3 Å². The minimum atomic E-state index is 0.137. The Balaban J connectivity index is 1.22. The van der Waals surface area contributed by atoms with Crippen LogP contribution >= 0.6 is 11.3 Å². The highest BCUT2D eigenvalue weighted by atomic mass is 32.1. The molecule has 2 aliphatic carbocycles. The van der Waals surface area contributed by atoms with Crippen molar-refractivity contribution in [1.82, 2.24) is 14.9 Å². The number of nitrogens with one attached hydrogen (secondary N) is 1. The van der Waals surface area contributed by atoms with Gasteiger partial charge in [-0.05, 0) is 66.5 Å². The van der Waals surface area contributed by atoms with E-state index in [-0.39, 0.29) is 11.6 Å². The fourth-order valence-electron chi connectivity index (χ4n) is 5.39. The Morgan fingerprint density at radius 1 is 1.12 bits per heavy atom. The van der Waals surface area contributed by atoms with Crippen LogP contribution in [-0.4, -0.2) is 22.7 Å². The molecule has 2 heterocycles. The predicted octanol–water partition coefficient (Wildman–Crippen LogP) is 4.45. The van der Waals surface area contributed by atoms with Gasteiger partial charge in [0.25, 0.3) is 5.56 Å². The third-order valence-corrected chi connectivity index (χ3v) is 8.31. The molecular formula is C27H27N3O2S. The van der Waals surface area contributed by atoms with Gasteiger partial charge in [-0.15, -0.1) is 11.3 Å². The van der Waals surface area contributed by atoms with Crippen LogP contribution in [0.25, 0.3) is 10.2 Å². The molecule has 4 aromatic rings. The van der Waals surface area contributed by atoms with Crippen molar-refractivity contribution < 1.29 is 4.74 Å². The number of aromatic nitrogens is 2. The van der Waals surface area contributed by atoms with Gasteiger partial charge in [-0.2, -0.15) is 0 Å². The fraction of sp³-hybridized carbons (Fsp3) is 0.333. The van der Waals surface area contributed by atoms with Gasteiger partial charge in [-0.1, -0.05) is 36.4 Å². The van der Waals surface area contributed by atoms with Gasteiger partial charge >= 0.3 is 0 Å². The van der Waals surface area contributed by atoms with Gasteiger partial charge in [-0.3, -0.25) is 9.36 Å². The van der Waals surface area contributed by atoms with Crippen LogP contribution in [0.1, 0.15) is 39.6 Å². The van der Waals surface area contributed by atoms with Crippen LogP contribution in [0.3, 0.4) is 0 Å². The number of hydrogen-bond donors (Lipinski definition) is 1. The number of fused-ring (bicyclic) bond motifs is 4. The van der Waals surface area contributed by atoms with Crippen LogP contribution in [0.2, 0.25) is 0 Å². The number of rotatable bonds is 5. The van der Waals surface area contributed by atoms with Crippen molar-refractivity contribution in [3.63, 3.8) is 0 Å². The van der Waals surface area contributed by atoms with E-state index in [0.717, 1.165) is 54.6 Å². The lowest BCUT2D eigenvalue weighted by Gasteiger charge is -2.23. The number of thiophene rings is 1. The first-order valence-corrected chi connectivity index (χ1v) is 12.5. The monoisotopic (exact) mass is 457 g/mol. The molecule has 33 heavy (non-hydrogen) atoms. The zero-order valence-electron chi connectivity index (χ0n) is 18.7. The molecule has 5 nitrogen and oxygen atoms in total. The first-order chi connectivity index (χ1) is 16.2. The third-order valence-electron chi connectivity index (χ3n) is 7.15. The Morgan fingerprint density at radius 2 is 1.94 bits per heavy atom. The van der Waals surface area contributed by atoms with Crippen LogP contribution in [-0.2, 0) is 32.2 Å². The number of nitrogens with zero attached hydrogens (tertiary/aromatic N) is 2. The van der Waals surface area contributed by atoms with Crippen LogP contribution in [0, 0.1) is 0 Å². The third kappa shape index (κ3) is 3.77. The summed E-state index contributed by atoms with van der Waals surface area (Å²) in [5, 5.41) is 4.56. The molecule has 6 heteroatoms. The molecule has 0 saturated heterocycles. The lowest BCUT2D eigenvalue weighted by molar-refractivity contribution is 0.413. The zero-order chi connectivity index (χ0) is 22.4. The Kier molecular flexibility index (Phi) is 5.27. The Bertz CT molecular complexity index is 1360. The molecule has 168 valence electrons. The van der Waals surface area contributed by atoms with E-state index in [4.69, 9.17) is 9.72 Å². The van der Waals surface area contributed by atoms with Crippen LogP contribution < -0.4 is 15.6 Å². The molecule has 0 fully saturated rings. The van der Waals surface area contributed by atoms with E-state index in [1.807, 2.05) is 16.7 Å². The van der Waals surface area contributed by atoms with Crippen molar-refractivity contribution in [2.45, 2.75) is 50.7 Å². The smallest absolute Gasteiger partial charge is 0.262 e. The van der Waals surface area contributed by atoms with Crippen molar-refractivity contribution in [2.75, 3.05) is 7.11 Å². The second-order valence-electron chi connectivity index (χ2n) is 9.14. The van der Waals surface area contributed by atoms with Crippen LogP contribution in [0.4, 0.5) is 0 Å². The summed E-state index contributed by atoms with van der Waals surface area (Å²) in [5.41, 5.74) is 5.30. The van der Waals surface area contributed by atoms with Crippen LogP contribution in [0.15, 0.2) is 59.7 Å². The van der Waals surface area contributed by atoms with E-state index in [0.29, 0.717) is 6.04 Å². The average molecular weight is 458 g/mol. The quantitative estimate of drug-likeness (QED) is 0.481. The summed E-state index contributed by atoms with van der Waals surface area (Å²) >= 11 is 1.70. The molecule has 0 bridgehead atoms. The highest BCUT2D eigenvalue weighted by Crippen LogP contribution is 2.35. The summed E-state index contributed by atoms with van der Waals surface area (Å²) in [7, 11) is 1.70. The molecule has 1 unspecified atom stereocenters. The number of ether oxygens (including phenoxy) is 1. The molecule has 6 rings (SSSR count). The van der Waals surface area contributed by atoms with Crippen molar-refractivity contribution in [2.24, 2.45) is 0 Å². The van der Waals surface area contributed by atoms with Crippen LogP contribution in [0.5, 0.6) is 5.75 Å². The molecule has 0 aliphatic heterocycles. The van der Waals surface area contributed by atoms with Gasteiger partial charge in [0, 0.05) is 23.5 Å². The molecular weight excluding hydrogens is 430 g/mol. The van der Waals surface area contributed by atoms with Gasteiger partial charge in [0.1, 0.15) is 10.6 Å². The largest absolute Gasteiger partial charge is 0.497 e. The maximum atomic E-state index is 13.6. The van der Waals surface area contributed by atoms with Crippen molar-refractivity contribution >= 4 is 21.6 Å². The standard InChI is InChI=1S/C27H27N3O2S/c1-32-22-8-4-5-17(11-22)15-28-20-9-10-23-24(14-20)33-26-25(23)27(31)30(16-29-26)21-12-18-6-2-3-7-19(18)13-21/h2-8,11,16,20-21,28H,9-10,12-15H2,1H3. The highest BCUT2D eigenvalue weighted by Gasteiger charge is 2.28. The van der Waals surface area contributed by atoms with Gasteiger partial charge in [0.15, 0.2) is 0 Å². The van der Waals surface area contributed by atoms with Gasteiger partial charge in [0.2, 0.25) is 0 Å². The molecule has 1 N–H and O–H groups in total. The van der Waals surface area contributed by atoms with Gasteiger partial charge in [0.05, 0.1) is 18.8 Å². The maximum Gasteiger partial charge on any atom is 0.262 e. The SMILES string of the molecule is COc1cccc(CNC2CCc3c(sc4ncn(C5Cc6ccccc6C5)c(=O)c34)C2)c1. The summed E-state index contributed by atoms with van der Waals surface area (Å²) < 4.78 is 7.23. The van der Waals surface area contributed by atoms with E-state index in [1.165, 1.54) is 27.1 Å². The van der Waals surface area contributed by atoms with E-state index in [9.17, 15) is 4.79 Å². The summed E-state index contributed by atoms with van der Waals surface area (Å²) in [6.07, 6.45) is 6.51. The second-order valence-corrected chi connectivity index (χ2v) is 10.2. The Labute approximate surface area is 197 Å².